The summed E-state index contributed by atoms with van der Waals surface area (Å²) in [6.07, 6.45) is 1.73. The highest BCUT2D eigenvalue weighted by Gasteiger charge is 2.05. The van der Waals surface area contributed by atoms with E-state index >= 15 is 0 Å². The molecular weight excluding hydrogens is 204 g/mol. The number of nitrogens with two attached hydrogens (primary N) is 1. The zero-order chi connectivity index (χ0) is 12.0. The summed E-state index contributed by atoms with van der Waals surface area (Å²) >= 11 is 0. The first-order chi connectivity index (χ1) is 7.63. The molecule has 0 aliphatic carbocycles. The van der Waals surface area contributed by atoms with Crippen molar-refractivity contribution in [2.75, 3.05) is 13.2 Å². The molecule has 0 aromatic carbocycles. The lowest BCUT2D eigenvalue weighted by molar-refractivity contribution is 0.0655. The van der Waals surface area contributed by atoms with E-state index in [1.165, 1.54) is 0 Å². The largest absolute Gasteiger partial charge is 0.487 e. The summed E-state index contributed by atoms with van der Waals surface area (Å²) in [5, 5.41) is 0. The van der Waals surface area contributed by atoms with E-state index in [1.807, 2.05) is 32.9 Å². The van der Waals surface area contributed by atoms with Gasteiger partial charge in [0.1, 0.15) is 11.9 Å². The van der Waals surface area contributed by atoms with Crippen molar-refractivity contribution in [3.05, 3.63) is 24.0 Å². The van der Waals surface area contributed by atoms with Gasteiger partial charge >= 0.3 is 0 Å². The predicted molar refractivity (Wildman–Crippen MR) is 63.4 cm³/mol. The molecule has 90 valence electrons. The smallest absolute Gasteiger partial charge is 0.138 e. The minimum atomic E-state index is -0.0464. The Morgan fingerprint density at radius 3 is 2.62 bits per heavy atom. The van der Waals surface area contributed by atoms with Crippen LogP contribution in [-0.2, 0) is 4.74 Å². The molecule has 0 saturated carbocycles. The van der Waals surface area contributed by atoms with Crippen molar-refractivity contribution < 1.29 is 9.47 Å². The van der Waals surface area contributed by atoms with Crippen LogP contribution in [0.15, 0.2) is 18.3 Å². The zero-order valence-electron chi connectivity index (χ0n) is 10.1. The van der Waals surface area contributed by atoms with Crippen LogP contribution >= 0.6 is 0 Å². The van der Waals surface area contributed by atoms with Gasteiger partial charge in [-0.25, -0.2) is 0 Å². The number of rotatable bonds is 6. The maximum absolute atomic E-state index is 5.71. The summed E-state index contributed by atoms with van der Waals surface area (Å²) in [4.78, 5) is 4.22. The molecule has 0 amide bonds. The molecular formula is C12H20N2O2. The van der Waals surface area contributed by atoms with Gasteiger partial charge in [-0.3, -0.25) is 4.98 Å². The van der Waals surface area contributed by atoms with E-state index in [0.29, 0.717) is 13.2 Å². The Balaban J connectivity index is 2.48. The third kappa shape index (κ3) is 4.16. The molecule has 0 fully saturated rings. The Kier molecular flexibility index (Phi) is 5.22. The lowest BCUT2D eigenvalue weighted by Gasteiger charge is -2.14. The summed E-state index contributed by atoms with van der Waals surface area (Å²) in [7, 11) is 0. The third-order valence-corrected chi connectivity index (χ3v) is 2.12. The minimum Gasteiger partial charge on any atom is -0.487 e. The topological polar surface area (TPSA) is 57.4 Å². The van der Waals surface area contributed by atoms with Crippen LogP contribution in [0.2, 0.25) is 0 Å². The predicted octanol–water partition coefficient (Wildman–Crippen LogP) is 1.91. The summed E-state index contributed by atoms with van der Waals surface area (Å²) in [5.74, 6) is 0.747. The summed E-state index contributed by atoms with van der Waals surface area (Å²) < 4.78 is 10.9. The van der Waals surface area contributed by atoms with Crippen LogP contribution in [0, 0.1) is 0 Å². The maximum Gasteiger partial charge on any atom is 0.138 e. The van der Waals surface area contributed by atoms with E-state index in [2.05, 4.69) is 4.98 Å². The Morgan fingerprint density at radius 1 is 1.38 bits per heavy atom. The average molecular weight is 224 g/mol. The first-order valence-corrected chi connectivity index (χ1v) is 5.59. The van der Waals surface area contributed by atoms with Crippen LogP contribution in [0.25, 0.3) is 0 Å². The van der Waals surface area contributed by atoms with Gasteiger partial charge in [-0.05, 0) is 32.9 Å². The van der Waals surface area contributed by atoms with Crippen molar-refractivity contribution >= 4 is 0 Å². The highest BCUT2D eigenvalue weighted by atomic mass is 16.5. The minimum absolute atomic E-state index is 0.0305. The SMILES string of the molecule is CCOCC(C)Oc1ccc([C@H](C)N)nc1. The molecule has 1 heterocycles. The van der Waals surface area contributed by atoms with Gasteiger partial charge in [0.25, 0.3) is 0 Å². The van der Waals surface area contributed by atoms with Crippen LogP contribution in [0.3, 0.4) is 0 Å². The van der Waals surface area contributed by atoms with E-state index in [0.717, 1.165) is 11.4 Å². The Bertz CT molecular complexity index is 298. The van der Waals surface area contributed by atoms with Crippen LogP contribution < -0.4 is 10.5 Å². The molecule has 0 radical (unpaired) electrons. The second-order valence-corrected chi connectivity index (χ2v) is 3.80. The van der Waals surface area contributed by atoms with Gasteiger partial charge in [-0.2, -0.15) is 0 Å². The first-order valence-electron chi connectivity index (χ1n) is 5.59. The van der Waals surface area contributed by atoms with Gasteiger partial charge in [0.05, 0.1) is 18.5 Å². The Morgan fingerprint density at radius 2 is 2.12 bits per heavy atom. The Hall–Kier alpha value is -1.13. The second-order valence-electron chi connectivity index (χ2n) is 3.80. The number of aromatic nitrogens is 1. The van der Waals surface area contributed by atoms with Crippen LogP contribution in [-0.4, -0.2) is 24.3 Å². The van der Waals surface area contributed by atoms with Crippen molar-refractivity contribution in [2.45, 2.75) is 32.9 Å². The van der Waals surface area contributed by atoms with Gasteiger partial charge in [0.15, 0.2) is 0 Å². The van der Waals surface area contributed by atoms with Crippen LogP contribution in [0.4, 0.5) is 0 Å². The average Bonchev–Trinajstić information content (AvgIpc) is 2.27. The lowest BCUT2D eigenvalue weighted by atomic mass is 10.2. The molecule has 0 aliphatic rings. The maximum atomic E-state index is 5.71. The molecule has 4 nitrogen and oxygen atoms in total. The summed E-state index contributed by atoms with van der Waals surface area (Å²) in [6, 6.07) is 3.72. The monoisotopic (exact) mass is 224 g/mol. The Labute approximate surface area is 96.8 Å². The lowest BCUT2D eigenvalue weighted by Crippen LogP contribution is -2.19. The summed E-state index contributed by atoms with van der Waals surface area (Å²) in [6.45, 7) is 7.13. The molecule has 1 rings (SSSR count). The molecule has 1 aromatic rings. The van der Waals surface area contributed by atoms with Gasteiger partial charge in [0.2, 0.25) is 0 Å². The van der Waals surface area contributed by atoms with E-state index in [1.54, 1.807) is 6.20 Å². The molecule has 0 spiro atoms. The molecule has 2 N–H and O–H groups in total. The zero-order valence-corrected chi connectivity index (χ0v) is 10.1. The fourth-order valence-electron chi connectivity index (χ4n) is 1.28. The van der Waals surface area contributed by atoms with Crippen molar-refractivity contribution in [3.63, 3.8) is 0 Å². The van der Waals surface area contributed by atoms with Crippen molar-refractivity contribution in [1.82, 2.24) is 4.98 Å². The normalized spacial score (nSPS) is 14.5. The molecule has 4 heteroatoms. The number of hydrogen-bond acceptors (Lipinski definition) is 4. The summed E-state index contributed by atoms with van der Waals surface area (Å²) in [5.41, 5.74) is 6.57. The van der Waals surface area contributed by atoms with Gasteiger partial charge < -0.3 is 15.2 Å². The third-order valence-electron chi connectivity index (χ3n) is 2.12. The van der Waals surface area contributed by atoms with E-state index in [-0.39, 0.29) is 12.1 Å². The van der Waals surface area contributed by atoms with Crippen molar-refractivity contribution in [2.24, 2.45) is 5.73 Å². The highest BCUT2D eigenvalue weighted by molar-refractivity contribution is 5.21. The molecule has 2 atom stereocenters. The second kappa shape index (κ2) is 6.45. The van der Waals surface area contributed by atoms with Gasteiger partial charge in [0, 0.05) is 12.6 Å². The number of pyridine rings is 1. The fourth-order valence-corrected chi connectivity index (χ4v) is 1.28. The molecule has 16 heavy (non-hydrogen) atoms. The molecule has 0 aliphatic heterocycles. The molecule has 0 saturated heterocycles. The molecule has 0 bridgehead atoms. The number of hydrogen-bond donors (Lipinski definition) is 1. The van der Waals surface area contributed by atoms with Gasteiger partial charge in [-0.1, -0.05) is 0 Å². The van der Waals surface area contributed by atoms with Crippen molar-refractivity contribution in [3.8, 4) is 5.75 Å². The quantitative estimate of drug-likeness (QED) is 0.802. The van der Waals surface area contributed by atoms with E-state index in [4.69, 9.17) is 15.2 Å². The highest BCUT2D eigenvalue weighted by Crippen LogP contribution is 2.14. The first kappa shape index (κ1) is 12.9. The van der Waals surface area contributed by atoms with Crippen LogP contribution in [0.5, 0.6) is 5.75 Å². The molecule has 1 aromatic heterocycles. The standard InChI is InChI=1S/C12H20N2O2/c1-4-15-8-9(2)16-11-5-6-12(10(3)13)14-7-11/h5-7,9-10H,4,8,13H2,1-3H3/t9?,10-/m0/s1. The number of ether oxygens (including phenoxy) is 2. The van der Waals surface area contributed by atoms with Crippen molar-refractivity contribution in [1.29, 1.82) is 0 Å². The van der Waals surface area contributed by atoms with Crippen LogP contribution in [0.1, 0.15) is 32.5 Å². The van der Waals surface area contributed by atoms with E-state index in [9.17, 15) is 0 Å². The fraction of sp³-hybridized carbons (Fsp3) is 0.583. The molecule has 1 unspecified atom stereocenters. The number of nitrogens with zero attached hydrogens (tertiary/aromatic N) is 1. The van der Waals surface area contributed by atoms with E-state index < -0.39 is 0 Å². The van der Waals surface area contributed by atoms with Gasteiger partial charge in [-0.15, -0.1) is 0 Å².